The van der Waals surface area contributed by atoms with Crippen LogP contribution in [-0.4, -0.2) is 9.13 Å². The Balaban J connectivity index is 1.82. The number of nitrogens with zero attached hydrogens (tertiary/aromatic N) is 2. The molecule has 0 spiro atoms. The Morgan fingerprint density at radius 2 is 1.57 bits per heavy atom. The molecular formula is C23H17Cl2FN2O2. The van der Waals surface area contributed by atoms with Crippen molar-refractivity contribution in [2.75, 3.05) is 0 Å². The number of aryl methyl sites for hydroxylation is 1. The van der Waals surface area contributed by atoms with Crippen LogP contribution in [0.2, 0.25) is 10.0 Å². The molecule has 152 valence electrons. The summed E-state index contributed by atoms with van der Waals surface area (Å²) in [5.74, 6) is -0.502. The van der Waals surface area contributed by atoms with Crippen LogP contribution in [0.1, 0.15) is 11.1 Å². The van der Waals surface area contributed by atoms with Crippen molar-refractivity contribution in [1.82, 2.24) is 9.13 Å². The molecule has 0 aliphatic rings. The van der Waals surface area contributed by atoms with Gasteiger partial charge in [0.2, 0.25) is 0 Å². The lowest BCUT2D eigenvalue weighted by atomic mass is 10.1. The lowest BCUT2D eigenvalue weighted by Crippen LogP contribution is -2.40. The molecule has 0 unspecified atom stereocenters. The second-order valence-corrected chi connectivity index (χ2v) is 7.76. The summed E-state index contributed by atoms with van der Waals surface area (Å²) in [6.07, 6.45) is 0.477. The Bertz CT molecular complexity index is 1320. The standard InChI is InChI=1S/C23H17Cl2FN2O2/c24-16-10-8-15(9-11-16)12-13-27-22(29)17-4-1-2-7-21(17)28(23(27)30)14-18-19(25)5-3-6-20(18)26/h1-11H,12-14H2. The van der Waals surface area contributed by atoms with E-state index in [9.17, 15) is 14.0 Å². The van der Waals surface area contributed by atoms with E-state index in [1.807, 2.05) is 12.1 Å². The molecule has 0 saturated carbocycles. The van der Waals surface area contributed by atoms with Gasteiger partial charge in [-0.3, -0.25) is 13.9 Å². The highest BCUT2D eigenvalue weighted by molar-refractivity contribution is 6.31. The predicted molar refractivity (Wildman–Crippen MR) is 118 cm³/mol. The fourth-order valence-corrected chi connectivity index (χ4v) is 3.80. The van der Waals surface area contributed by atoms with Gasteiger partial charge < -0.3 is 0 Å². The Kier molecular flexibility index (Phi) is 5.75. The number of rotatable bonds is 5. The summed E-state index contributed by atoms with van der Waals surface area (Å²) in [6, 6.07) is 18.4. The molecule has 7 heteroatoms. The Hall–Kier alpha value is -2.89. The van der Waals surface area contributed by atoms with Gasteiger partial charge in [0.05, 0.1) is 17.4 Å². The summed E-state index contributed by atoms with van der Waals surface area (Å²) < 4.78 is 16.9. The van der Waals surface area contributed by atoms with Crippen LogP contribution < -0.4 is 11.2 Å². The third-order valence-corrected chi connectivity index (χ3v) is 5.65. The largest absolute Gasteiger partial charge is 0.331 e. The maximum atomic E-state index is 14.4. The Morgan fingerprint density at radius 1 is 0.833 bits per heavy atom. The van der Waals surface area contributed by atoms with Gasteiger partial charge in [-0.05, 0) is 48.4 Å². The molecular weight excluding hydrogens is 426 g/mol. The van der Waals surface area contributed by atoms with Gasteiger partial charge >= 0.3 is 5.69 Å². The highest BCUT2D eigenvalue weighted by Crippen LogP contribution is 2.21. The molecule has 0 N–H and O–H groups in total. The first-order chi connectivity index (χ1) is 14.5. The minimum atomic E-state index is -0.507. The first kappa shape index (κ1) is 20.4. The van der Waals surface area contributed by atoms with Crippen LogP contribution in [0.4, 0.5) is 4.39 Å². The summed E-state index contributed by atoms with van der Waals surface area (Å²) >= 11 is 12.1. The topological polar surface area (TPSA) is 44.0 Å². The summed E-state index contributed by atoms with van der Waals surface area (Å²) in [7, 11) is 0. The summed E-state index contributed by atoms with van der Waals surface area (Å²) in [5.41, 5.74) is 0.707. The molecule has 0 bridgehead atoms. The van der Waals surface area contributed by atoms with Gasteiger partial charge in [0, 0.05) is 22.2 Å². The van der Waals surface area contributed by atoms with Crippen molar-refractivity contribution in [3.05, 3.63) is 115 Å². The maximum absolute atomic E-state index is 14.4. The molecule has 0 saturated heterocycles. The Labute approximate surface area is 181 Å². The van der Waals surface area contributed by atoms with E-state index in [1.54, 1.807) is 42.5 Å². The molecule has 4 rings (SSSR count). The molecule has 1 heterocycles. The lowest BCUT2D eigenvalue weighted by Gasteiger charge is -2.15. The third-order valence-electron chi connectivity index (χ3n) is 5.05. The van der Waals surface area contributed by atoms with Crippen LogP contribution in [0.25, 0.3) is 10.9 Å². The van der Waals surface area contributed by atoms with Crippen molar-refractivity contribution in [2.45, 2.75) is 19.5 Å². The van der Waals surface area contributed by atoms with E-state index in [-0.39, 0.29) is 29.2 Å². The number of para-hydroxylation sites is 1. The normalized spacial score (nSPS) is 11.2. The van der Waals surface area contributed by atoms with Gasteiger partial charge in [0.25, 0.3) is 5.56 Å². The predicted octanol–water partition coefficient (Wildman–Crippen LogP) is 4.90. The van der Waals surface area contributed by atoms with Gasteiger partial charge in [-0.2, -0.15) is 0 Å². The molecule has 0 amide bonds. The van der Waals surface area contributed by atoms with Crippen molar-refractivity contribution in [1.29, 1.82) is 0 Å². The molecule has 0 aliphatic carbocycles. The molecule has 30 heavy (non-hydrogen) atoms. The fourth-order valence-electron chi connectivity index (χ4n) is 3.45. The number of halogens is 3. The molecule has 4 nitrogen and oxygen atoms in total. The van der Waals surface area contributed by atoms with Crippen molar-refractivity contribution < 1.29 is 4.39 Å². The number of aromatic nitrogens is 2. The van der Waals surface area contributed by atoms with Crippen LogP contribution in [0.15, 0.2) is 76.3 Å². The highest BCUT2D eigenvalue weighted by atomic mass is 35.5. The van der Waals surface area contributed by atoms with E-state index < -0.39 is 11.5 Å². The average molecular weight is 443 g/mol. The first-order valence-electron chi connectivity index (χ1n) is 9.35. The van der Waals surface area contributed by atoms with Crippen molar-refractivity contribution in [3.63, 3.8) is 0 Å². The zero-order chi connectivity index (χ0) is 21.3. The van der Waals surface area contributed by atoms with E-state index in [4.69, 9.17) is 23.2 Å². The van der Waals surface area contributed by atoms with Crippen LogP contribution in [0.5, 0.6) is 0 Å². The zero-order valence-electron chi connectivity index (χ0n) is 15.8. The highest BCUT2D eigenvalue weighted by Gasteiger charge is 2.16. The lowest BCUT2D eigenvalue weighted by molar-refractivity contribution is 0.568. The van der Waals surface area contributed by atoms with Gasteiger partial charge in [0.1, 0.15) is 5.82 Å². The maximum Gasteiger partial charge on any atom is 0.331 e. The number of benzene rings is 3. The van der Waals surface area contributed by atoms with E-state index in [0.29, 0.717) is 22.3 Å². The number of hydrogen-bond donors (Lipinski definition) is 0. The van der Waals surface area contributed by atoms with E-state index in [2.05, 4.69) is 0 Å². The second kappa shape index (κ2) is 8.46. The smallest absolute Gasteiger partial charge is 0.289 e. The zero-order valence-corrected chi connectivity index (χ0v) is 17.3. The molecule has 4 aromatic rings. The molecule has 0 radical (unpaired) electrons. The first-order valence-corrected chi connectivity index (χ1v) is 10.1. The van der Waals surface area contributed by atoms with Gasteiger partial charge in [-0.15, -0.1) is 0 Å². The third kappa shape index (κ3) is 3.91. The summed E-state index contributed by atoms with van der Waals surface area (Å²) in [6.45, 7) is 0.112. The van der Waals surface area contributed by atoms with Crippen LogP contribution in [0, 0.1) is 5.82 Å². The van der Waals surface area contributed by atoms with Crippen molar-refractivity contribution in [2.24, 2.45) is 0 Å². The van der Waals surface area contributed by atoms with E-state index in [1.165, 1.54) is 21.3 Å². The van der Waals surface area contributed by atoms with Gasteiger partial charge in [0.15, 0.2) is 0 Å². The molecule has 1 aromatic heterocycles. The number of fused-ring (bicyclic) bond motifs is 1. The van der Waals surface area contributed by atoms with Crippen molar-refractivity contribution >= 4 is 34.1 Å². The minimum absolute atomic E-state index is 0.0773. The van der Waals surface area contributed by atoms with E-state index >= 15 is 0 Å². The average Bonchev–Trinajstić information content (AvgIpc) is 2.74. The summed E-state index contributed by atoms with van der Waals surface area (Å²) in [5, 5.41) is 1.23. The van der Waals surface area contributed by atoms with Crippen LogP contribution in [-0.2, 0) is 19.5 Å². The monoisotopic (exact) mass is 442 g/mol. The van der Waals surface area contributed by atoms with Crippen LogP contribution in [0.3, 0.4) is 0 Å². The second-order valence-electron chi connectivity index (χ2n) is 6.92. The summed E-state index contributed by atoms with van der Waals surface area (Å²) in [4.78, 5) is 26.2. The van der Waals surface area contributed by atoms with Crippen LogP contribution >= 0.6 is 23.2 Å². The molecule has 0 aliphatic heterocycles. The SMILES string of the molecule is O=c1c2ccccc2n(Cc2c(F)cccc2Cl)c(=O)n1CCc1ccc(Cl)cc1. The van der Waals surface area contributed by atoms with Gasteiger partial charge in [-0.25, -0.2) is 9.18 Å². The molecule has 3 aromatic carbocycles. The number of hydrogen-bond acceptors (Lipinski definition) is 2. The molecule has 0 atom stereocenters. The Morgan fingerprint density at radius 3 is 2.30 bits per heavy atom. The molecule has 0 fully saturated rings. The minimum Gasteiger partial charge on any atom is -0.289 e. The fraction of sp³-hybridized carbons (Fsp3) is 0.130. The van der Waals surface area contributed by atoms with Gasteiger partial charge in [-0.1, -0.05) is 53.5 Å². The van der Waals surface area contributed by atoms with E-state index in [0.717, 1.165) is 5.56 Å². The van der Waals surface area contributed by atoms with Crippen molar-refractivity contribution in [3.8, 4) is 0 Å². The quantitative estimate of drug-likeness (QED) is 0.441.